The Morgan fingerprint density at radius 3 is 2.83 bits per heavy atom. The molecule has 2 heterocycles. The number of nitrogens with one attached hydrogen (secondary N) is 1. The van der Waals surface area contributed by atoms with E-state index in [0.717, 1.165) is 35.5 Å². The molecule has 2 aromatic rings. The Balaban J connectivity index is 1.50. The standard InChI is InChI=1S/C19H21NO3S/c1-12(13-6-7-16-17(10-13)23-9-8-22-16)20-19(21)15-11-24-18-5-3-2-4-14(15)18/h6-7,10-12H,2-5,8-9H2,1H3,(H,20,21). The van der Waals surface area contributed by atoms with Gasteiger partial charge in [0, 0.05) is 10.3 Å². The monoisotopic (exact) mass is 343 g/mol. The molecule has 1 amide bonds. The Kier molecular flexibility index (Phi) is 4.19. The van der Waals surface area contributed by atoms with Gasteiger partial charge in [-0.05, 0) is 55.9 Å². The van der Waals surface area contributed by atoms with E-state index in [-0.39, 0.29) is 11.9 Å². The highest BCUT2D eigenvalue weighted by Crippen LogP contribution is 2.33. The molecule has 0 fully saturated rings. The largest absolute Gasteiger partial charge is 0.486 e. The lowest BCUT2D eigenvalue weighted by Crippen LogP contribution is -2.27. The molecule has 4 nitrogen and oxygen atoms in total. The summed E-state index contributed by atoms with van der Waals surface area (Å²) >= 11 is 1.72. The van der Waals surface area contributed by atoms with Crippen molar-refractivity contribution in [2.24, 2.45) is 0 Å². The molecule has 1 N–H and O–H groups in total. The SMILES string of the molecule is CC(NC(=O)c1csc2c1CCCC2)c1ccc2c(c1)OCCO2. The van der Waals surface area contributed by atoms with E-state index in [9.17, 15) is 4.79 Å². The van der Waals surface area contributed by atoms with Crippen molar-refractivity contribution in [1.82, 2.24) is 5.32 Å². The third-order valence-corrected chi connectivity index (χ3v) is 5.81. The van der Waals surface area contributed by atoms with Crippen LogP contribution in [0.3, 0.4) is 0 Å². The number of ether oxygens (including phenoxy) is 2. The topological polar surface area (TPSA) is 47.6 Å². The van der Waals surface area contributed by atoms with Crippen LogP contribution in [-0.2, 0) is 12.8 Å². The number of rotatable bonds is 3. The number of hydrogen-bond acceptors (Lipinski definition) is 4. The van der Waals surface area contributed by atoms with Crippen LogP contribution in [0.1, 0.15) is 52.2 Å². The fourth-order valence-electron chi connectivity index (χ4n) is 3.37. The second-order valence-corrected chi connectivity index (χ2v) is 7.32. The molecule has 1 aromatic heterocycles. The Bertz CT molecular complexity index is 768. The first-order valence-corrected chi connectivity index (χ1v) is 9.40. The third-order valence-electron chi connectivity index (χ3n) is 4.72. The van der Waals surface area contributed by atoms with Crippen LogP contribution in [0.5, 0.6) is 11.5 Å². The Morgan fingerprint density at radius 1 is 1.17 bits per heavy atom. The van der Waals surface area contributed by atoms with Crippen molar-refractivity contribution >= 4 is 17.2 Å². The van der Waals surface area contributed by atoms with Gasteiger partial charge < -0.3 is 14.8 Å². The molecule has 1 aliphatic heterocycles. The number of fused-ring (bicyclic) bond motifs is 2. The maximum Gasteiger partial charge on any atom is 0.252 e. The molecule has 0 radical (unpaired) electrons. The normalized spacial score (nSPS) is 17.0. The van der Waals surface area contributed by atoms with E-state index < -0.39 is 0 Å². The lowest BCUT2D eigenvalue weighted by molar-refractivity contribution is 0.0939. The van der Waals surface area contributed by atoms with Gasteiger partial charge in [-0.15, -0.1) is 11.3 Å². The minimum Gasteiger partial charge on any atom is -0.486 e. The molecular formula is C19H21NO3S. The van der Waals surface area contributed by atoms with Gasteiger partial charge in [-0.25, -0.2) is 0 Å². The van der Waals surface area contributed by atoms with Gasteiger partial charge in [-0.1, -0.05) is 6.07 Å². The van der Waals surface area contributed by atoms with Crippen molar-refractivity contribution in [2.75, 3.05) is 13.2 Å². The van der Waals surface area contributed by atoms with E-state index in [1.165, 1.54) is 23.3 Å². The second-order valence-electron chi connectivity index (χ2n) is 6.36. The highest BCUT2D eigenvalue weighted by Gasteiger charge is 2.22. The number of aryl methyl sites for hydroxylation is 1. The van der Waals surface area contributed by atoms with Gasteiger partial charge >= 0.3 is 0 Å². The van der Waals surface area contributed by atoms with Gasteiger partial charge in [0.2, 0.25) is 0 Å². The summed E-state index contributed by atoms with van der Waals surface area (Å²) in [5.74, 6) is 1.56. The van der Waals surface area contributed by atoms with Gasteiger partial charge in [0.05, 0.1) is 11.6 Å². The van der Waals surface area contributed by atoms with Crippen LogP contribution < -0.4 is 14.8 Å². The van der Waals surface area contributed by atoms with E-state index in [2.05, 4.69) is 5.32 Å². The van der Waals surface area contributed by atoms with Gasteiger partial charge in [0.1, 0.15) is 13.2 Å². The van der Waals surface area contributed by atoms with Crippen molar-refractivity contribution < 1.29 is 14.3 Å². The maximum absolute atomic E-state index is 12.7. The zero-order chi connectivity index (χ0) is 16.5. The molecule has 0 spiro atoms. The van der Waals surface area contributed by atoms with Crippen molar-refractivity contribution in [2.45, 2.75) is 38.6 Å². The van der Waals surface area contributed by atoms with Gasteiger partial charge in [0.25, 0.3) is 5.91 Å². The van der Waals surface area contributed by atoms with Gasteiger partial charge in [-0.2, -0.15) is 0 Å². The van der Waals surface area contributed by atoms with E-state index in [0.29, 0.717) is 13.2 Å². The Morgan fingerprint density at radius 2 is 1.96 bits per heavy atom. The van der Waals surface area contributed by atoms with Crippen LogP contribution in [0.15, 0.2) is 23.6 Å². The number of benzene rings is 1. The molecule has 1 atom stereocenters. The van der Waals surface area contributed by atoms with Gasteiger partial charge in [-0.3, -0.25) is 4.79 Å². The molecule has 2 aliphatic rings. The molecule has 1 aromatic carbocycles. The Labute approximate surface area is 145 Å². The molecule has 0 saturated heterocycles. The molecule has 0 saturated carbocycles. The first kappa shape index (κ1) is 15.5. The summed E-state index contributed by atoms with van der Waals surface area (Å²) in [4.78, 5) is 14.1. The smallest absolute Gasteiger partial charge is 0.252 e. The highest BCUT2D eigenvalue weighted by molar-refractivity contribution is 7.10. The fraction of sp³-hybridized carbons (Fsp3) is 0.421. The van der Waals surface area contributed by atoms with Crippen molar-refractivity contribution in [3.63, 3.8) is 0 Å². The summed E-state index contributed by atoms with van der Waals surface area (Å²) in [7, 11) is 0. The Hall–Kier alpha value is -2.01. The number of carbonyl (C=O) groups is 1. The summed E-state index contributed by atoms with van der Waals surface area (Å²) in [5, 5.41) is 5.14. The minimum atomic E-state index is -0.0764. The molecule has 1 unspecified atom stereocenters. The molecular weight excluding hydrogens is 322 g/mol. The van der Waals surface area contributed by atoms with Crippen LogP contribution in [0.2, 0.25) is 0 Å². The van der Waals surface area contributed by atoms with Crippen molar-refractivity contribution in [1.29, 1.82) is 0 Å². The van der Waals surface area contributed by atoms with E-state index in [4.69, 9.17) is 9.47 Å². The predicted octanol–water partition coefficient (Wildman–Crippen LogP) is 3.89. The van der Waals surface area contributed by atoms with Crippen LogP contribution in [0, 0.1) is 0 Å². The van der Waals surface area contributed by atoms with E-state index in [1.54, 1.807) is 11.3 Å². The van der Waals surface area contributed by atoms with Crippen LogP contribution in [-0.4, -0.2) is 19.1 Å². The molecule has 126 valence electrons. The summed E-state index contributed by atoms with van der Waals surface area (Å²) in [6.07, 6.45) is 4.56. The van der Waals surface area contributed by atoms with E-state index in [1.807, 2.05) is 30.5 Å². The first-order chi connectivity index (χ1) is 11.7. The zero-order valence-electron chi connectivity index (χ0n) is 13.8. The molecule has 0 bridgehead atoms. The first-order valence-electron chi connectivity index (χ1n) is 8.52. The molecule has 24 heavy (non-hydrogen) atoms. The van der Waals surface area contributed by atoms with Crippen LogP contribution in [0.25, 0.3) is 0 Å². The van der Waals surface area contributed by atoms with Crippen LogP contribution >= 0.6 is 11.3 Å². The minimum absolute atomic E-state index is 0.0248. The number of hydrogen-bond donors (Lipinski definition) is 1. The second kappa shape index (κ2) is 6.48. The lowest BCUT2D eigenvalue weighted by atomic mass is 9.95. The zero-order valence-corrected chi connectivity index (χ0v) is 14.6. The molecule has 4 rings (SSSR count). The summed E-state index contributed by atoms with van der Waals surface area (Å²) in [5.41, 5.74) is 3.15. The van der Waals surface area contributed by atoms with Crippen molar-refractivity contribution in [3.8, 4) is 11.5 Å². The van der Waals surface area contributed by atoms with Crippen LogP contribution in [0.4, 0.5) is 0 Å². The number of thiophene rings is 1. The quantitative estimate of drug-likeness (QED) is 0.920. The van der Waals surface area contributed by atoms with Crippen molar-refractivity contribution in [3.05, 3.63) is 45.1 Å². The summed E-state index contributed by atoms with van der Waals surface area (Å²) in [6.45, 7) is 3.16. The summed E-state index contributed by atoms with van der Waals surface area (Å²) in [6, 6.07) is 5.79. The third kappa shape index (κ3) is 2.88. The lowest BCUT2D eigenvalue weighted by Gasteiger charge is -2.21. The van der Waals surface area contributed by atoms with Gasteiger partial charge in [0.15, 0.2) is 11.5 Å². The number of carbonyl (C=O) groups excluding carboxylic acids is 1. The molecule has 1 aliphatic carbocycles. The fourth-order valence-corrected chi connectivity index (χ4v) is 4.50. The average Bonchev–Trinajstić information content (AvgIpc) is 3.05. The number of amides is 1. The average molecular weight is 343 g/mol. The summed E-state index contributed by atoms with van der Waals surface area (Å²) < 4.78 is 11.2. The highest BCUT2D eigenvalue weighted by atomic mass is 32.1. The molecule has 5 heteroatoms. The van der Waals surface area contributed by atoms with E-state index >= 15 is 0 Å². The maximum atomic E-state index is 12.7. The predicted molar refractivity (Wildman–Crippen MR) is 94.3 cm³/mol.